The summed E-state index contributed by atoms with van der Waals surface area (Å²) in [6.45, 7) is 8.58. The molecule has 6 atom stereocenters. The van der Waals surface area contributed by atoms with Gasteiger partial charge in [-0.3, -0.25) is 4.79 Å². The first kappa shape index (κ1) is 16.5. The van der Waals surface area contributed by atoms with E-state index in [0.29, 0.717) is 30.8 Å². The highest BCUT2D eigenvalue weighted by Gasteiger charge is 2.67. The second-order valence-corrected chi connectivity index (χ2v) is 10.0. The Morgan fingerprint density at radius 1 is 1.00 bits per heavy atom. The highest BCUT2D eigenvalue weighted by Crippen LogP contribution is 2.68. The van der Waals surface area contributed by atoms with E-state index >= 15 is 0 Å². The Kier molecular flexibility index (Phi) is 3.43. The summed E-state index contributed by atoms with van der Waals surface area (Å²) in [4.78, 5) is 13.3. The van der Waals surface area contributed by atoms with Crippen LogP contribution in [0.25, 0.3) is 0 Å². The minimum Gasteiger partial charge on any atom is -0.347 e. The molecule has 0 amide bonds. The van der Waals surface area contributed by atoms with Crippen molar-refractivity contribution in [3.05, 3.63) is 11.6 Å². The summed E-state index contributed by atoms with van der Waals surface area (Å²) in [5.74, 6) is 1.88. The Balaban J connectivity index is 1.54. The number of carbonyl (C=O) groups is 1. The van der Waals surface area contributed by atoms with Gasteiger partial charge in [0.25, 0.3) is 0 Å². The molecule has 25 heavy (non-hydrogen) atoms. The third-order valence-corrected chi connectivity index (χ3v) is 8.99. The molecule has 3 saturated carbocycles. The zero-order valence-electron chi connectivity index (χ0n) is 16.0. The Bertz CT molecular complexity index is 631. The third-order valence-electron chi connectivity index (χ3n) is 8.99. The summed E-state index contributed by atoms with van der Waals surface area (Å²) in [7, 11) is 0. The van der Waals surface area contributed by atoms with Gasteiger partial charge in [-0.05, 0) is 67.8 Å². The fourth-order valence-electron chi connectivity index (χ4n) is 7.47. The van der Waals surface area contributed by atoms with Crippen molar-refractivity contribution in [1.29, 1.82) is 0 Å². The first-order valence-corrected chi connectivity index (χ1v) is 10.4. The molecule has 1 spiro atoms. The molecule has 1 saturated heterocycles. The molecule has 3 unspecified atom stereocenters. The molecule has 5 rings (SSSR count). The summed E-state index contributed by atoms with van der Waals surface area (Å²) in [6, 6.07) is 0. The van der Waals surface area contributed by atoms with Gasteiger partial charge in [0.15, 0.2) is 11.6 Å². The maximum atomic E-state index is 13.3. The summed E-state index contributed by atoms with van der Waals surface area (Å²) in [5, 5.41) is 0. The molecule has 1 aliphatic heterocycles. The van der Waals surface area contributed by atoms with Crippen molar-refractivity contribution >= 4 is 5.78 Å². The van der Waals surface area contributed by atoms with Crippen LogP contribution in [0.1, 0.15) is 65.7 Å². The molecule has 0 N–H and O–H groups in total. The van der Waals surface area contributed by atoms with E-state index in [4.69, 9.17) is 9.47 Å². The standard InChI is InChI=1S/C22H32O3/c1-14-4-7-20(2)15(12-14)13-18(23)19-16(20)5-8-21(3)17(19)6-9-22(21)24-10-11-25-22/h13-14,16-17,19H,4-12H2,1-3H3/t14-,16?,17?,19?,20-,21-/m0/s1. The van der Waals surface area contributed by atoms with Gasteiger partial charge < -0.3 is 9.47 Å². The highest BCUT2D eigenvalue weighted by molar-refractivity contribution is 5.94. The van der Waals surface area contributed by atoms with Crippen molar-refractivity contribution in [1.82, 2.24) is 0 Å². The monoisotopic (exact) mass is 344 g/mol. The predicted octanol–water partition coefficient (Wildman–Crippen LogP) is 4.51. The molecular formula is C22H32O3. The van der Waals surface area contributed by atoms with Crippen molar-refractivity contribution < 1.29 is 14.3 Å². The van der Waals surface area contributed by atoms with Crippen LogP contribution in [0.5, 0.6) is 0 Å². The van der Waals surface area contributed by atoms with Crippen molar-refractivity contribution in [2.45, 2.75) is 71.5 Å². The lowest BCUT2D eigenvalue weighted by molar-refractivity contribution is -0.240. The molecule has 0 aromatic heterocycles. The number of rotatable bonds is 0. The Morgan fingerprint density at radius 2 is 1.72 bits per heavy atom. The van der Waals surface area contributed by atoms with E-state index in [-0.39, 0.29) is 16.7 Å². The topological polar surface area (TPSA) is 35.5 Å². The lowest BCUT2D eigenvalue weighted by Gasteiger charge is -2.58. The number of hydrogen-bond donors (Lipinski definition) is 0. The quantitative estimate of drug-likeness (QED) is 0.649. The van der Waals surface area contributed by atoms with Crippen LogP contribution in [0.4, 0.5) is 0 Å². The van der Waals surface area contributed by atoms with Crippen molar-refractivity contribution in [2.75, 3.05) is 13.2 Å². The number of ketones is 1. The molecular weight excluding hydrogens is 312 g/mol. The van der Waals surface area contributed by atoms with Crippen LogP contribution >= 0.6 is 0 Å². The molecule has 0 radical (unpaired) electrons. The molecule has 5 aliphatic rings. The summed E-state index contributed by atoms with van der Waals surface area (Å²) in [6.07, 6.45) is 10.1. The maximum Gasteiger partial charge on any atom is 0.174 e. The van der Waals surface area contributed by atoms with Crippen LogP contribution in [0.2, 0.25) is 0 Å². The second kappa shape index (κ2) is 5.19. The Hall–Kier alpha value is -0.670. The van der Waals surface area contributed by atoms with E-state index in [1.165, 1.54) is 18.4 Å². The number of fused-ring (bicyclic) bond motifs is 6. The van der Waals surface area contributed by atoms with Gasteiger partial charge in [-0.2, -0.15) is 0 Å². The van der Waals surface area contributed by atoms with Crippen LogP contribution in [-0.4, -0.2) is 24.8 Å². The molecule has 0 bridgehead atoms. The molecule has 4 aliphatic carbocycles. The largest absolute Gasteiger partial charge is 0.347 e. The van der Waals surface area contributed by atoms with Gasteiger partial charge in [0.05, 0.1) is 13.2 Å². The van der Waals surface area contributed by atoms with E-state index in [1.807, 2.05) is 0 Å². The van der Waals surface area contributed by atoms with Gasteiger partial charge in [0.2, 0.25) is 0 Å². The summed E-state index contributed by atoms with van der Waals surface area (Å²) in [5.41, 5.74) is 1.71. The smallest absolute Gasteiger partial charge is 0.174 e. The third kappa shape index (κ3) is 1.97. The predicted molar refractivity (Wildman–Crippen MR) is 95.9 cm³/mol. The van der Waals surface area contributed by atoms with Crippen LogP contribution in [0.15, 0.2) is 11.6 Å². The van der Waals surface area contributed by atoms with Gasteiger partial charge in [-0.15, -0.1) is 0 Å². The van der Waals surface area contributed by atoms with Crippen LogP contribution < -0.4 is 0 Å². The second-order valence-electron chi connectivity index (χ2n) is 10.0. The van der Waals surface area contributed by atoms with Crippen molar-refractivity contribution in [3.63, 3.8) is 0 Å². The maximum absolute atomic E-state index is 13.3. The van der Waals surface area contributed by atoms with E-state index in [1.54, 1.807) is 0 Å². The Morgan fingerprint density at radius 3 is 2.48 bits per heavy atom. The minimum absolute atomic E-state index is 0.00396. The lowest BCUT2D eigenvalue weighted by atomic mass is 9.47. The number of allylic oxidation sites excluding steroid dienone is 2. The van der Waals surface area contributed by atoms with Gasteiger partial charge in [0.1, 0.15) is 0 Å². The summed E-state index contributed by atoms with van der Waals surface area (Å²) < 4.78 is 12.4. The molecule has 0 aromatic rings. The first-order chi connectivity index (χ1) is 11.9. The summed E-state index contributed by atoms with van der Waals surface area (Å²) >= 11 is 0. The van der Waals surface area contributed by atoms with E-state index in [9.17, 15) is 4.79 Å². The first-order valence-electron chi connectivity index (χ1n) is 10.4. The number of hydrogen-bond acceptors (Lipinski definition) is 3. The van der Waals surface area contributed by atoms with Crippen molar-refractivity contribution in [2.24, 2.45) is 34.5 Å². The van der Waals surface area contributed by atoms with E-state index in [0.717, 1.165) is 38.0 Å². The SMILES string of the molecule is C[C@H]1CC[C@@]2(C)C(=CC(=O)C3C2CC[C@@]2(C)C3CCC23OCCO3)C1. The fraction of sp³-hybridized carbons (Fsp3) is 0.864. The minimum atomic E-state index is -0.408. The fourth-order valence-corrected chi connectivity index (χ4v) is 7.47. The molecule has 138 valence electrons. The van der Waals surface area contributed by atoms with Crippen molar-refractivity contribution in [3.8, 4) is 0 Å². The number of carbonyl (C=O) groups excluding carboxylic acids is 1. The van der Waals surface area contributed by atoms with Gasteiger partial charge in [-0.25, -0.2) is 0 Å². The zero-order valence-corrected chi connectivity index (χ0v) is 16.0. The Labute approximate surface area is 151 Å². The average Bonchev–Trinajstić information content (AvgIpc) is 3.17. The molecule has 0 aromatic carbocycles. The molecule has 4 fully saturated rings. The average molecular weight is 344 g/mol. The van der Waals surface area contributed by atoms with Gasteiger partial charge in [-0.1, -0.05) is 26.3 Å². The van der Waals surface area contributed by atoms with Crippen LogP contribution in [0, 0.1) is 34.5 Å². The molecule has 1 heterocycles. The van der Waals surface area contributed by atoms with E-state index in [2.05, 4.69) is 26.8 Å². The van der Waals surface area contributed by atoms with Gasteiger partial charge in [0, 0.05) is 17.8 Å². The van der Waals surface area contributed by atoms with Crippen LogP contribution in [-0.2, 0) is 14.3 Å². The van der Waals surface area contributed by atoms with E-state index < -0.39 is 5.79 Å². The zero-order chi connectivity index (χ0) is 17.4. The number of ether oxygens (including phenoxy) is 2. The normalized spacial score (nSPS) is 51.0. The molecule has 3 heteroatoms. The highest BCUT2D eigenvalue weighted by atomic mass is 16.7. The molecule has 3 nitrogen and oxygen atoms in total. The van der Waals surface area contributed by atoms with Gasteiger partial charge >= 0.3 is 0 Å². The lowest BCUT2D eigenvalue weighted by Crippen LogP contribution is -2.56. The van der Waals surface area contributed by atoms with Crippen LogP contribution in [0.3, 0.4) is 0 Å².